The number of sulfonamides is 1. The van der Waals surface area contributed by atoms with Gasteiger partial charge in [-0.25, -0.2) is 8.42 Å². The van der Waals surface area contributed by atoms with Gasteiger partial charge in [0, 0.05) is 6.07 Å². The van der Waals surface area contributed by atoms with Gasteiger partial charge in [-0.1, -0.05) is 6.07 Å². The van der Waals surface area contributed by atoms with Crippen molar-refractivity contribution < 1.29 is 27.4 Å². The summed E-state index contributed by atoms with van der Waals surface area (Å²) < 4.78 is 48.4. The lowest BCUT2D eigenvalue weighted by Gasteiger charge is -2.12. The Kier molecular flexibility index (Phi) is 5.41. The van der Waals surface area contributed by atoms with Gasteiger partial charge in [-0.3, -0.25) is 4.72 Å². The fourth-order valence-corrected chi connectivity index (χ4v) is 3.61. The predicted molar refractivity (Wildman–Crippen MR) is 97.8 cm³/mol. The van der Waals surface area contributed by atoms with E-state index in [9.17, 15) is 8.42 Å². The van der Waals surface area contributed by atoms with Crippen LogP contribution in [-0.4, -0.2) is 34.7 Å². The average Bonchev–Trinajstić information content (AvgIpc) is 3.08. The van der Waals surface area contributed by atoms with E-state index in [0.717, 1.165) is 5.56 Å². The van der Waals surface area contributed by atoms with Crippen molar-refractivity contribution in [3.05, 3.63) is 42.0 Å². The SMILES string of the molecule is COc1cc(C)ccc1NS(=O)(=O)CCCOc1ccc2c(c1)OCO2. The zero-order chi connectivity index (χ0) is 18.6. The van der Waals surface area contributed by atoms with Crippen molar-refractivity contribution in [2.75, 3.05) is 31.0 Å². The summed E-state index contributed by atoms with van der Waals surface area (Å²) in [5, 5.41) is 0. The average molecular weight is 379 g/mol. The van der Waals surface area contributed by atoms with Crippen LogP contribution in [0.3, 0.4) is 0 Å². The van der Waals surface area contributed by atoms with Crippen LogP contribution in [0.5, 0.6) is 23.0 Å². The van der Waals surface area contributed by atoms with Crippen LogP contribution in [-0.2, 0) is 10.0 Å². The first kappa shape index (κ1) is 18.2. The van der Waals surface area contributed by atoms with Gasteiger partial charge < -0.3 is 18.9 Å². The van der Waals surface area contributed by atoms with Gasteiger partial charge in [-0.2, -0.15) is 0 Å². The molecule has 0 saturated carbocycles. The molecule has 8 heteroatoms. The molecule has 0 bridgehead atoms. The predicted octanol–water partition coefficient (Wildman–Crippen LogP) is 2.94. The number of hydrogen-bond donors (Lipinski definition) is 1. The molecule has 26 heavy (non-hydrogen) atoms. The number of methoxy groups -OCH3 is 1. The molecule has 0 radical (unpaired) electrons. The van der Waals surface area contributed by atoms with Gasteiger partial charge in [-0.15, -0.1) is 0 Å². The maximum absolute atomic E-state index is 12.3. The largest absolute Gasteiger partial charge is 0.495 e. The Morgan fingerprint density at radius 3 is 2.73 bits per heavy atom. The summed E-state index contributed by atoms with van der Waals surface area (Å²) in [6.07, 6.45) is 0.345. The molecule has 0 saturated heterocycles. The molecule has 0 atom stereocenters. The molecule has 1 heterocycles. The summed E-state index contributed by atoms with van der Waals surface area (Å²) in [7, 11) is -1.99. The minimum absolute atomic E-state index is 0.0609. The zero-order valence-corrected chi connectivity index (χ0v) is 15.5. The Morgan fingerprint density at radius 2 is 1.92 bits per heavy atom. The van der Waals surface area contributed by atoms with Crippen LogP contribution < -0.4 is 23.7 Å². The molecule has 0 amide bonds. The maximum atomic E-state index is 12.3. The van der Waals surface area contributed by atoms with Crippen LogP contribution in [0, 0.1) is 6.92 Å². The van der Waals surface area contributed by atoms with E-state index in [1.807, 2.05) is 13.0 Å². The lowest BCUT2D eigenvalue weighted by molar-refractivity contribution is 0.173. The van der Waals surface area contributed by atoms with Crippen molar-refractivity contribution in [3.8, 4) is 23.0 Å². The number of anilines is 1. The van der Waals surface area contributed by atoms with E-state index < -0.39 is 10.0 Å². The quantitative estimate of drug-likeness (QED) is 0.710. The second kappa shape index (κ2) is 7.74. The summed E-state index contributed by atoms with van der Waals surface area (Å²) in [4.78, 5) is 0. The minimum Gasteiger partial charge on any atom is -0.495 e. The Labute approximate surface area is 152 Å². The number of rotatable bonds is 8. The fourth-order valence-electron chi connectivity index (χ4n) is 2.51. The molecule has 1 aliphatic rings. The van der Waals surface area contributed by atoms with E-state index in [2.05, 4.69) is 4.72 Å². The molecule has 3 rings (SSSR count). The van der Waals surface area contributed by atoms with Gasteiger partial charge in [0.2, 0.25) is 16.8 Å². The van der Waals surface area contributed by atoms with Gasteiger partial charge in [0.1, 0.15) is 11.5 Å². The summed E-state index contributed by atoms with van der Waals surface area (Å²) in [6, 6.07) is 10.5. The topological polar surface area (TPSA) is 83.1 Å². The molecule has 1 N–H and O–H groups in total. The highest BCUT2D eigenvalue weighted by Crippen LogP contribution is 2.35. The van der Waals surface area contributed by atoms with Gasteiger partial charge in [0.25, 0.3) is 0 Å². The van der Waals surface area contributed by atoms with Crippen molar-refractivity contribution in [2.24, 2.45) is 0 Å². The summed E-state index contributed by atoms with van der Waals surface area (Å²) >= 11 is 0. The normalized spacial score (nSPS) is 12.7. The van der Waals surface area contributed by atoms with Crippen molar-refractivity contribution in [3.63, 3.8) is 0 Å². The van der Waals surface area contributed by atoms with Gasteiger partial charge >= 0.3 is 0 Å². The molecule has 0 aliphatic carbocycles. The Bertz CT molecular complexity index is 881. The number of aryl methyl sites for hydroxylation is 1. The van der Waals surface area contributed by atoms with Crippen molar-refractivity contribution in [1.82, 2.24) is 0 Å². The van der Waals surface area contributed by atoms with E-state index in [1.54, 1.807) is 30.3 Å². The van der Waals surface area contributed by atoms with Crippen LogP contribution in [0.1, 0.15) is 12.0 Å². The minimum atomic E-state index is -3.50. The van der Waals surface area contributed by atoms with Crippen molar-refractivity contribution >= 4 is 15.7 Å². The third-order valence-corrected chi connectivity index (χ3v) is 5.15. The van der Waals surface area contributed by atoms with E-state index >= 15 is 0 Å². The Morgan fingerprint density at radius 1 is 1.12 bits per heavy atom. The number of hydrogen-bond acceptors (Lipinski definition) is 6. The summed E-state index contributed by atoms with van der Waals surface area (Å²) in [6.45, 7) is 2.38. The standard InChI is InChI=1S/C18H21NO6S/c1-13-4-6-15(17(10-13)22-2)19-26(20,21)9-3-8-23-14-5-7-16-18(11-14)25-12-24-16/h4-7,10-11,19H,3,8-9,12H2,1-2H3. The fraction of sp³-hybridized carbons (Fsp3) is 0.333. The maximum Gasteiger partial charge on any atom is 0.232 e. The number of ether oxygens (including phenoxy) is 4. The zero-order valence-electron chi connectivity index (χ0n) is 14.7. The molecular formula is C18H21NO6S. The van der Waals surface area contributed by atoms with E-state index in [1.165, 1.54) is 7.11 Å². The summed E-state index contributed by atoms with van der Waals surface area (Å²) in [5.74, 6) is 2.35. The van der Waals surface area contributed by atoms with Crippen LogP contribution >= 0.6 is 0 Å². The molecule has 1 aliphatic heterocycles. The monoisotopic (exact) mass is 379 g/mol. The van der Waals surface area contributed by atoms with E-state index in [0.29, 0.717) is 35.1 Å². The highest BCUT2D eigenvalue weighted by molar-refractivity contribution is 7.92. The number of benzene rings is 2. The molecule has 0 spiro atoms. The van der Waals surface area contributed by atoms with Crippen LogP contribution in [0.4, 0.5) is 5.69 Å². The smallest absolute Gasteiger partial charge is 0.232 e. The van der Waals surface area contributed by atoms with Crippen LogP contribution in [0.25, 0.3) is 0 Å². The first-order valence-corrected chi connectivity index (χ1v) is 9.80. The third-order valence-electron chi connectivity index (χ3n) is 3.79. The molecule has 0 unspecified atom stereocenters. The molecule has 0 aromatic heterocycles. The van der Waals surface area contributed by atoms with Crippen LogP contribution in [0.15, 0.2) is 36.4 Å². The van der Waals surface area contributed by atoms with Crippen molar-refractivity contribution in [1.29, 1.82) is 0 Å². The molecule has 2 aromatic rings. The third kappa shape index (κ3) is 4.51. The highest BCUT2D eigenvalue weighted by atomic mass is 32.2. The van der Waals surface area contributed by atoms with E-state index in [4.69, 9.17) is 18.9 Å². The Hall–Kier alpha value is -2.61. The van der Waals surface area contributed by atoms with E-state index in [-0.39, 0.29) is 19.2 Å². The van der Waals surface area contributed by atoms with Crippen LogP contribution in [0.2, 0.25) is 0 Å². The molecular weight excluding hydrogens is 358 g/mol. The highest BCUT2D eigenvalue weighted by Gasteiger charge is 2.15. The lowest BCUT2D eigenvalue weighted by Crippen LogP contribution is -2.18. The second-order valence-electron chi connectivity index (χ2n) is 5.84. The Balaban J connectivity index is 1.51. The van der Waals surface area contributed by atoms with Gasteiger partial charge in [0.05, 0.1) is 25.2 Å². The van der Waals surface area contributed by atoms with Gasteiger partial charge in [-0.05, 0) is 43.2 Å². The number of nitrogens with one attached hydrogen (secondary N) is 1. The summed E-state index contributed by atoms with van der Waals surface area (Å²) in [5.41, 5.74) is 1.41. The van der Waals surface area contributed by atoms with Crippen molar-refractivity contribution in [2.45, 2.75) is 13.3 Å². The van der Waals surface area contributed by atoms with Gasteiger partial charge in [0.15, 0.2) is 11.5 Å². The molecule has 7 nitrogen and oxygen atoms in total. The second-order valence-corrected chi connectivity index (χ2v) is 7.68. The molecule has 2 aromatic carbocycles. The first-order chi connectivity index (χ1) is 12.5. The lowest BCUT2D eigenvalue weighted by atomic mass is 10.2. The molecule has 0 fully saturated rings. The number of fused-ring (bicyclic) bond motifs is 1. The molecule has 140 valence electrons. The first-order valence-electron chi connectivity index (χ1n) is 8.14.